The number of benzene rings is 1. The summed E-state index contributed by atoms with van der Waals surface area (Å²) in [5, 5.41) is 13.9. The van der Waals surface area contributed by atoms with Gasteiger partial charge in [-0.25, -0.2) is 0 Å². The Labute approximate surface area is 130 Å². The highest BCUT2D eigenvalue weighted by Crippen LogP contribution is 2.32. The van der Waals surface area contributed by atoms with E-state index in [0.717, 1.165) is 18.5 Å². The lowest BCUT2D eigenvalue weighted by atomic mass is 10.2. The maximum atomic E-state index is 9.63. The normalized spacial score (nSPS) is 12.4. The molecule has 6 heteroatoms. The zero-order valence-electron chi connectivity index (χ0n) is 11.8. The van der Waals surface area contributed by atoms with Crippen molar-refractivity contribution in [2.75, 3.05) is 26.9 Å². The smallest absolute Gasteiger partial charge is 0.142 e. The third kappa shape index (κ3) is 5.85. The summed E-state index contributed by atoms with van der Waals surface area (Å²) >= 11 is 12.2. The Morgan fingerprint density at radius 1 is 1.30 bits per heavy atom. The number of methoxy groups -OCH3 is 1. The minimum atomic E-state index is -0.691. The summed E-state index contributed by atoms with van der Waals surface area (Å²) in [4.78, 5) is 0. The van der Waals surface area contributed by atoms with E-state index in [-0.39, 0.29) is 13.2 Å². The Balaban J connectivity index is 2.75. The number of aliphatic hydroxyl groups is 1. The fourth-order valence-corrected chi connectivity index (χ4v) is 2.32. The first-order valence-corrected chi connectivity index (χ1v) is 7.32. The van der Waals surface area contributed by atoms with Crippen LogP contribution in [0.5, 0.6) is 5.75 Å². The van der Waals surface area contributed by atoms with E-state index in [1.54, 1.807) is 6.07 Å². The van der Waals surface area contributed by atoms with Crippen LogP contribution in [0.2, 0.25) is 10.0 Å². The summed E-state index contributed by atoms with van der Waals surface area (Å²) in [6, 6.07) is 3.44. The molecule has 1 rings (SSSR count). The molecule has 0 aromatic heterocycles. The quantitative estimate of drug-likeness (QED) is 0.687. The van der Waals surface area contributed by atoms with Crippen molar-refractivity contribution in [3.63, 3.8) is 0 Å². The largest absolute Gasteiger partial charge is 0.489 e. The lowest BCUT2D eigenvalue weighted by molar-refractivity contribution is 0.0323. The molecule has 1 unspecified atom stereocenters. The molecule has 1 aromatic rings. The number of aliphatic hydroxyl groups excluding tert-OH is 1. The highest BCUT2D eigenvalue weighted by Gasteiger charge is 2.13. The van der Waals surface area contributed by atoms with Crippen molar-refractivity contribution < 1.29 is 14.6 Å². The van der Waals surface area contributed by atoms with Crippen LogP contribution < -0.4 is 10.1 Å². The van der Waals surface area contributed by atoms with Gasteiger partial charge in [0, 0.05) is 24.2 Å². The van der Waals surface area contributed by atoms with Gasteiger partial charge >= 0.3 is 0 Å². The molecule has 0 aliphatic heterocycles. The summed E-state index contributed by atoms with van der Waals surface area (Å²) in [5.74, 6) is 0.551. The number of ether oxygens (including phenoxy) is 2. The Kier molecular flexibility index (Phi) is 8.26. The average molecular weight is 322 g/mol. The summed E-state index contributed by atoms with van der Waals surface area (Å²) in [6.07, 6.45) is 0.347. The van der Waals surface area contributed by atoms with Crippen molar-refractivity contribution in [3.05, 3.63) is 27.7 Å². The van der Waals surface area contributed by atoms with Gasteiger partial charge in [0.25, 0.3) is 0 Å². The second kappa shape index (κ2) is 9.42. The van der Waals surface area contributed by atoms with E-state index in [9.17, 15) is 5.11 Å². The van der Waals surface area contributed by atoms with E-state index in [4.69, 9.17) is 32.7 Å². The van der Waals surface area contributed by atoms with E-state index in [1.165, 1.54) is 7.11 Å². The van der Waals surface area contributed by atoms with Crippen molar-refractivity contribution in [1.29, 1.82) is 0 Å². The molecular formula is C14H21Cl2NO3. The molecule has 0 radical (unpaired) electrons. The van der Waals surface area contributed by atoms with Crippen LogP contribution in [0.1, 0.15) is 18.9 Å². The lowest BCUT2D eigenvalue weighted by Crippen LogP contribution is -2.23. The molecule has 0 saturated heterocycles. The van der Waals surface area contributed by atoms with Gasteiger partial charge < -0.3 is 19.9 Å². The van der Waals surface area contributed by atoms with Crippen LogP contribution in [0.3, 0.4) is 0 Å². The predicted octanol–water partition coefficient (Wildman–Crippen LogP) is 2.88. The molecule has 20 heavy (non-hydrogen) atoms. The molecule has 4 nitrogen and oxygen atoms in total. The molecule has 2 N–H and O–H groups in total. The predicted molar refractivity (Wildman–Crippen MR) is 81.8 cm³/mol. The van der Waals surface area contributed by atoms with Crippen molar-refractivity contribution in [2.24, 2.45) is 0 Å². The van der Waals surface area contributed by atoms with Crippen molar-refractivity contribution in [3.8, 4) is 5.75 Å². The number of hydrogen-bond donors (Lipinski definition) is 2. The first kappa shape index (κ1) is 17.5. The van der Waals surface area contributed by atoms with Gasteiger partial charge in [0.15, 0.2) is 0 Å². The fraction of sp³-hybridized carbons (Fsp3) is 0.571. The maximum absolute atomic E-state index is 9.63. The van der Waals surface area contributed by atoms with Gasteiger partial charge in [-0.05, 0) is 25.1 Å². The minimum Gasteiger partial charge on any atom is -0.489 e. The van der Waals surface area contributed by atoms with Crippen LogP contribution in [-0.2, 0) is 11.3 Å². The molecule has 114 valence electrons. The third-order valence-electron chi connectivity index (χ3n) is 2.61. The summed E-state index contributed by atoms with van der Waals surface area (Å²) in [7, 11) is 1.53. The van der Waals surface area contributed by atoms with Gasteiger partial charge in [0.1, 0.15) is 18.5 Å². The Bertz CT molecular complexity index is 416. The van der Waals surface area contributed by atoms with E-state index in [0.29, 0.717) is 22.3 Å². The highest BCUT2D eigenvalue weighted by atomic mass is 35.5. The average Bonchev–Trinajstić information content (AvgIpc) is 2.38. The van der Waals surface area contributed by atoms with Gasteiger partial charge in [-0.2, -0.15) is 0 Å². The molecule has 0 spiro atoms. The summed E-state index contributed by atoms with van der Waals surface area (Å²) in [6.45, 7) is 3.95. The van der Waals surface area contributed by atoms with Crippen molar-refractivity contribution >= 4 is 23.2 Å². The molecule has 0 aliphatic carbocycles. The molecule has 0 heterocycles. The van der Waals surface area contributed by atoms with Crippen LogP contribution in [0.15, 0.2) is 12.1 Å². The second-order valence-electron chi connectivity index (χ2n) is 4.47. The topological polar surface area (TPSA) is 50.7 Å². The molecule has 1 atom stereocenters. The first-order valence-electron chi connectivity index (χ1n) is 6.56. The van der Waals surface area contributed by atoms with Gasteiger partial charge in [0.05, 0.1) is 11.6 Å². The van der Waals surface area contributed by atoms with Crippen LogP contribution in [0.25, 0.3) is 0 Å². The number of halogens is 2. The maximum Gasteiger partial charge on any atom is 0.142 e. The molecule has 1 aromatic carbocycles. The Morgan fingerprint density at radius 3 is 2.70 bits per heavy atom. The van der Waals surface area contributed by atoms with E-state index in [1.807, 2.05) is 6.07 Å². The standard InChI is InChI=1S/C14H21Cl2NO3/c1-3-4-17-7-10-5-11(15)6-13(16)14(10)20-9-12(18)8-19-2/h5-6,12,17-18H,3-4,7-9H2,1-2H3. The zero-order valence-corrected chi connectivity index (χ0v) is 13.3. The molecule has 0 bridgehead atoms. The molecule has 0 fully saturated rings. The van der Waals surface area contributed by atoms with E-state index >= 15 is 0 Å². The first-order chi connectivity index (χ1) is 9.58. The Morgan fingerprint density at radius 2 is 2.05 bits per heavy atom. The number of hydrogen-bond acceptors (Lipinski definition) is 4. The van der Waals surface area contributed by atoms with Crippen LogP contribution in [0.4, 0.5) is 0 Å². The number of nitrogens with one attached hydrogen (secondary N) is 1. The van der Waals surface area contributed by atoms with Crippen molar-refractivity contribution in [2.45, 2.75) is 26.0 Å². The van der Waals surface area contributed by atoms with Gasteiger partial charge in [-0.1, -0.05) is 30.1 Å². The lowest BCUT2D eigenvalue weighted by Gasteiger charge is -2.16. The fourth-order valence-electron chi connectivity index (χ4n) is 1.73. The highest BCUT2D eigenvalue weighted by molar-refractivity contribution is 6.35. The molecule has 0 saturated carbocycles. The van der Waals surface area contributed by atoms with Gasteiger partial charge in [-0.3, -0.25) is 0 Å². The van der Waals surface area contributed by atoms with E-state index in [2.05, 4.69) is 12.2 Å². The summed E-state index contributed by atoms with van der Waals surface area (Å²) in [5.41, 5.74) is 0.876. The second-order valence-corrected chi connectivity index (χ2v) is 5.32. The summed E-state index contributed by atoms with van der Waals surface area (Å²) < 4.78 is 10.5. The van der Waals surface area contributed by atoms with Crippen LogP contribution in [-0.4, -0.2) is 38.1 Å². The molecule has 0 amide bonds. The van der Waals surface area contributed by atoms with Crippen molar-refractivity contribution in [1.82, 2.24) is 5.32 Å². The zero-order chi connectivity index (χ0) is 15.0. The van der Waals surface area contributed by atoms with Crippen LogP contribution >= 0.6 is 23.2 Å². The minimum absolute atomic E-state index is 0.121. The molecular weight excluding hydrogens is 301 g/mol. The van der Waals surface area contributed by atoms with Crippen LogP contribution in [0, 0.1) is 0 Å². The Hall–Kier alpha value is -0.520. The van der Waals surface area contributed by atoms with E-state index < -0.39 is 6.10 Å². The SMILES string of the molecule is CCCNCc1cc(Cl)cc(Cl)c1OCC(O)COC. The van der Waals surface area contributed by atoms with Gasteiger partial charge in [0.2, 0.25) is 0 Å². The van der Waals surface area contributed by atoms with Gasteiger partial charge in [-0.15, -0.1) is 0 Å². The monoisotopic (exact) mass is 321 g/mol. The number of rotatable bonds is 9. The molecule has 0 aliphatic rings. The third-order valence-corrected chi connectivity index (χ3v) is 3.11.